The third-order valence-corrected chi connectivity index (χ3v) is 5.35. The normalized spacial score (nSPS) is 16.9. The molecule has 0 radical (unpaired) electrons. The second-order valence-electron chi connectivity index (χ2n) is 4.58. The highest BCUT2D eigenvalue weighted by Crippen LogP contribution is 2.26. The maximum atomic E-state index is 12.0. The molecule has 2 aromatic heterocycles. The van der Waals surface area contributed by atoms with Gasteiger partial charge in [-0.2, -0.15) is 0 Å². The molecule has 1 saturated heterocycles. The fraction of sp³-hybridized carbons (Fsp3) is 0.417. The average molecular weight is 295 g/mol. The number of anilines is 1. The van der Waals surface area contributed by atoms with E-state index in [4.69, 9.17) is 5.73 Å². The minimum atomic E-state index is -0.228. The van der Waals surface area contributed by atoms with Crippen LogP contribution in [0.15, 0.2) is 16.2 Å². The number of hydrogen-bond acceptors (Lipinski definition) is 6. The lowest BCUT2D eigenvalue weighted by Gasteiger charge is -2.30. The molecule has 0 aliphatic carbocycles. The third-order valence-electron chi connectivity index (χ3n) is 3.40. The number of fused-ring (bicyclic) bond motifs is 1. The van der Waals surface area contributed by atoms with E-state index in [-0.39, 0.29) is 16.6 Å². The number of hydrogen-bond donors (Lipinski definition) is 1. The summed E-state index contributed by atoms with van der Waals surface area (Å²) in [6.07, 6.45) is 1.47. The van der Waals surface area contributed by atoms with E-state index >= 15 is 0 Å². The number of carbonyl (C=O) groups excluding carboxylic acids is 1. The maximum absolute atomic E-state index is 12.0. The van der Waals surface area contributed by atoms with Crippen LogP contribution in [-0.2, 0) is 4.79 Å². The summed E-state index contributed by atoms with van der Waals surface area (Å²) in [7, 11) is 0. The molecule has 1 amide bonds. The first kappa shape index (κ1) is 12.6. The predicted octanol–water partition coefficient (Wildman–Crippen LogP) is 1.42. The molecule has 19 heavy (non-hydrogen) atoms. The van der Waals surface area contributed by atoms with Crippen molar-refractivity contribution in [3.05, 3.63) is 21.0 Å². The Bertz CT molecular complexity index is 671. The van der Waals surface area contributed by atoms with Crippen molar-refractivity contribution in [1.82, 2.24) is 4.98 Å². The quantitative estimate of drug-likeness (QED) is 0.909. The van der Waals surface area contributed by atoms with Crippen LogP contribution in [0.1, 0.15) is 12.8 Å². The molecular weight excluding hydrogens is 282 g/mol. The van der Waals surface area contributed by atoms with E-state index in [0.29, 0.717) is 0 Å². The minimum Gasteiger partial charge on any atom is -0.369 e. The molecule has 0 aromatic carbocycles. The summed E-state index contributed by atoms with van der Waals surface area (Å²) in [6, 6.07) is 1.87. The number of nitrogens with two attached hydrogens (primary N) is 1. The number of primary amides is 1. The second-order valence-corrected chi connectivity index (χ2v) is 6.44. The first-order valence-corrected chi connectivity index (χ1v) is 7.77. The Morgan fingerprint density at radius 3 is 2.84 bits per heavy atom. The fourth-order valence-corrected chi connectivity index (χ4v) is 4.04. The zero-order valence-electron chi connectivity index (χ0n) is 10.2. The molecule has 2 aromatic rings. The molecule has 0 atom stereocenters. The molecule has 1 aliphatic heterocycles. The molecular formula is C12H13N3O2S2. The molecule has 100 valence electrons. The lowest BCUT2D eigenvalue weighted by molar-refractivity contribution is -0.122. The van der Waals surface area contributed by atoms with E-state index in [1.54, 1.807) is 0 Å². The molecule has 5 nitrogen and oxygen atoms in total. The highest BCUT2D eigenvalue weighted by atomic mass is 32.1. The van der Waals surface area contributed by atoms with Gasteiger partial charge in [-0.3, -0.25) is 9.59 Å². The van der Waals surface area contributed by atoms with Crippen LogP contribution in [-0.4, -0.2) is 24.0 Å². The van der Waals surface area contributed by atoms with E-state index < -0.39 is 0 Å². The van der Waals surface area contributed by atoms with Gasteiger partial charge in [-0.1, -0.05) is 11.3 Å². The molecule has 1 aliphatic rings. The lowest BCUT2D eigenvalue weighted by Crippen LogP contribution is -2.38. The molecule has 3 rings (SSSR count). The van der Waals surface area contributed by atoms with E-state index in [2.05, 4.69) is 9.88 Å². The Hall–Kier alpha value is -1.47. The minimum absolute atomic E-state index is 0.0437. The van der Waals surface area contributed by atoms with E-state index in [0.717, 1.165) is 41.3 Å². The largest absolute Gasteiger partial charge is 0.369 e. The van der Waals surface area contributed by atoms with Crippen LogP contribution in [0.25, 0.3) is 10.2 Å². The molecule has 0 bridgehead atoms. The summed E-state index contributed by atoms with van der Waals surface area (Å²) in [5.74, 6) is -0.271. The van der Waals surface area contributed by atoms with Gasteiger partial charge in [0.15, 0.2) is 5.13 Å². The van der Waals surface area contributed by atoms with Crippen molar-refractivity contribution in [3.63, 3.8) is 0 Å². The first-order chi connectivity index (χ1) is 9.15. The maximum Gasteiger partial charge on any atom is 0.255 e. The van der Waals surface area contributed by atoms with Crippen LogP contribution in [0.3, 0.4) is 0 Å². The van der Waals surface area contributed by atoms with Crippen molar-refractivity contribution in [2.24, 2.45) is 11.7 Å². The molecule has 1 fully saturated rings. The summed E-state index contributed by atoms with van der Waals surface area (Å²) >= 11 is 2.61. The summed E-state index contributed by atoms with van der Waals surface area (Å²) < 4.78 is 0.785. The Morgan fingerprint density at radius 2 is 2.16 bits per heavy atom. The Balaban J connectivity index is 1.85. The van der Waals surface area contributed by atoms with E-state index in [9.17, 15) is 9.59 Å². The molecule has 2 N–H and O–H groups in total. The first-order valence-electron chi connectivity index (χ1n) is 6.08. The van der Waals surface area contributed by atoms with Gasteiger partial charge in [0.05, 0.1) is 5.52 Å². The number of carbonyl (C=O) groups is 1. The van der Waals surface area contributed by atoms with Crippen molar-refractivity contribution < 1.29 is 4.79 Å². The molecule has 0 saturated carbocycles. The Kier molecular flexibility index (Phi) is 3.24. The van der Waals surface area contributed by atoms with Gasteiger partial charge in [-0.05, 0) is 24.3 Å². The number of nitrogens with zero attached hydrogens (tertiary/aromatic N) is 2. The van der Waals surface area contributed by atoms with Gasteiger partial charge in [0.25, 0.3) is 4.74 Å². The summed E-state index contributed by atoms with van der Waals surface area (Å²) in [5, 5.41) is 2.63. The van der Waals surface area contributed by atoms with E-state index in [1.165, 1.54) is 22.7 Å². The van der Waals surface area contributed by atoms with Crippen molar-refractivity contribution in [3.8, 4) is 0 Å². The highest BCUT2D eigenvalue weighted by molar-refractivity contribution is 7.21. The van der Waals surface area contributed by atoms with Crippen molar-refractivity contribution in [2.45, 2.75) is 12.8 Å². The van der Waals surface area contributed by atoms with Gasteiger partial charge >= 0.3 is 0 Å². The number of rotatable bonds is 2. The molecule has 3 heterocycles. The molecule has 0 spiro atoms. The number of piperidine rings is 1. The zero-order valence-corrected chi connectivity index (χ0v) is 11.8. The predicted molar refractivity (Wildman–Crippen MR) is 77.9 cm³/mol. The fourth-order valence-electron chi connectivity index (χ4n) is 2.29. The van der Waals surface area contributed by atoms with Crippen LogP contribution in [0.4, 0.5) is 5.13 Å². The second kappa shape index (κ2) is 4.90. The van der Waals surface area contributed by atoms with Gasteiger partial charge < -0.3 is 10.6 Å². The lowest BCUT2D eigenvalue weighted by atomic mass is 9.97. The smallest absolute Gasteiger partial charge is 0.255 e. The van der Waals surface area contributed by atoms with Gasteiger partial charge in [-0.15, -0.1) is 11.3 Å². The third kappa shape index (κ3) is 2.35. The number of thiophene rings is 1. The van der Waals surface area contributed by atoms with Crippen LogP contribution in [0.5, 0.6) is 0 Å². The topological polar surface area (TPSA) is 76.3 Å². The zero-order chi connectivity index (χ0) is 13.4. The standard InChI is InChI=1S/C12H13N3O2S2/c13-10(16)7-1-4-15(5-2-7)12-14-8-3-6-18-9(8)11(17)19-12/h3,6-7H,1-2,4-5H2,(H2,13,16). The SMILES string of the molecule is NC(=O)C1CCN(c2nc3ccsc3c(=O)s2)CC1. The van der Waals surface area contributed by atoms with Crippen molar-refractivity contribution >= 4 is 43.9 Å². The Morgan fingerprint density at radius 1 is 1.42 bits per heavy atom. The summed E-state index contributed by atoms with van der Waals surface area (Å²) in [5.41, 5.74) is 6.08. The average Bonchev–Trinajstić information content (AvgIpc) is 2.87. The molecule has 7 heteroatoms. The van der Waals surface area contributed by atoms with Crippen LogP contribution in [0, 0.1) is 5.92 Å². The summed E-state index contributed by atoms with van der Waals surface area (Å²) in [4.78, 5) is 29.7. The van der Waals surface area contributed by atoms with Crippen molar-refractivity contribution in [1.29, 1.82) is 0 Å². The van der Waals surface area contributed by atoms with E-state index in [1.807, 2.05) is 11.4 Å². The number of aromatic nitrogens is 1. The monoisotopic (exact) mass is 295 g/mol. The van der Waals surface area contributed by atoms with Crippen molar-refractivity contribution in [2.75, 3.05) is 18.0 Å². The molecule has 0 unspecified atom stereocenters. The Labute approximate surface area is 117 Å². The van der Waals surface area contributed by atoms with Crippen LogP contribution < -0.4 is 15.4 Å². The summed E-state index contributed by atoms with van der Waals surface area (Å²) in [6.45, 7) is 1.46. The van der Waals surface area contributed by atoms with Gasteiger partial charge in [0, 0.05) is 19.0 Å². The van der Waals surface area contributed by atoms with Crippen LogP contribution >= 0.6 is 22.7 Å². The van der Waals surface area contributed by atoms with Crippen LogP contribution in [0.2, 0.25) is 0 Å². The highest BCUT2D eigenvalue weighted by Gasteiger charge is 2.24. The van der Waals surface area contributed by atoms with Gasteiger partial charge in [0.2, 0.25) is 5.91 Å². The van der Waals surface area contributed by atoms with Gasteiger partial charge in [0.1, 0.15) is 4.70 Å². The number of amides is 1. The van der Waals surface area contributed by atoms with Gasteiger partial charge in [-0.25, -0.2) is 4.98 Å².